The first-order chi connectivity index (χ1) is 6.81. The van der Waals surface area contributed by atoms with E-state index < -0.39 is 0 Å². The molecular formula is C8H13N5O. The average molecular weight is 195 g/mol. The molecule has 1 aliphatic heterocycles. The minimum Gasteiger partial charge on any atom is -0.394 e. The van der Waals surface area contributed by atoms with Crippen molar-refractivity contribution in [1.82, 2.24) is 15.0 Å². The van der Waals surface area contributed by atoms with E-state index in [1.54, 1.807) is 0 Å². The molecule has 14 heavy (non-hydrogen) atoms. The molecule has 1 aromatic rings. The summed E-state index contributed by atoms with van der Waals surface area (Å²) in [7, 11) is 0. The Kier molecular flexibility index (Phi) is 2.45. The SMILES string of the molecule is Nc1ncnc(N2CCCC2CO)n1. The van der Waals surface area contributed by atoms with E-state index in [1.807, 2.05) is 4.90 Å². The zero-order valence-electron chi connectivity index (χ0n) is 7.80. The third-order valence-corrected chi connectivity index (χ3v) is 2.42. The minimum absolute atomic E-state index is 0.122. The fourth-order valence-corrected chi connectivity index (χ4v) is 1.73. The van der Waals surface area contributed by atoms with Gasteiger partial charge in [0, 0.05) is 6.54 Å². The Hall–Kier alpha value is -1.43. The normalized spacial score (nSPS) is 21.5. The predicted octanol–water partition coefficient (Wildman–Crippen LogP) is -0.585. The molecule has 0 spiro atoms. The zero-order chi connectivity index (χ0) is 9.97. The Bertz CT molecular complexity index is 318. The first-order valence-electron chi connectivity index (χ1n) is 4.63. The van der Waals surface area contributed by atoms with Crippen molar-refractivity contribution in [3.63, 3.8) is 0 Å². The molecule has 1 aromatic heterocycles. The number of nitrogens with two attached hydrogens (primary N) is 1. The number of nitrogen functional groups attached to an aromatic ring is 1. The van der Waals surface area contributed by atoms with Crippen LogP contribution >= 0.6 is 0 Å². The van der Waals surface area contributed by atoms with Crippen LogP contribution in [0.25, 0.3) is 0 Å². The first kappa shape index (κ1) is 9.14. The summed E-state index contributed by atoms with van der Waals surface area (Å²) in [5.74, 6) is 0.785. The van der Waals surface area contributed by atoms with Gasteiger partial charge in [-0.1, -0.05) is 0 Å². The Morgan fingerprint density at radius 2 is 2.43 bits per heavy atom. The second-order valence-corrected chi connectivity index (χ2v) is 3.32. The molecule has 3 N–H and O–H groups in total. The summed E-state index contributed by atoms with van der Waals surface area (Å²) in [6.07, 6.45) is 3.42. The van der Waals surface area contributed by atoms with Crippen molar-refractivity contribution in [2.45, 2.75) is 18.9 Å². The van der Waals surface area contributed by atoms with Crippen LogP contribution in [0.2, 0.25) is 0 Å². The van der Waals surface area contributed by atoms with E-state index in [9.17, 15) is 0 Å². The number of anilines is 2. The van der Waals surface area contributed by atoms with E-state index in [0.717, 1.165) is 19.4 Å². The van der Waals surface area contributed by atoms with Gasteiger partial charge >= 0.3 is 0 Å². The van der Waals surface area contributed by atoms with Gasteiger partial charge in [-0.15, -0.1) is 0 Å². The molecule has 6 heteroatoms. The largest absolute Gasteiger partial charge is 0.394 e. The number of hydrogen-bond acceptors (Lipinski definition) is 6. The van der Waals surface area contributed by atoms with Crippen molar-refractivity contribution in [1.29, 1.82) is 0 Å². The van der Waals surface area contributed by atoms with Crippen molar-refractivity contribution >= 4 is 11.9 Å². The summed E-state index contributed by atoms with van der Waals surface area (Å²) < 4.78 is 0. The Labute approximate surface area is 81.8 Å². The van der Waals surface area contributed by atoms with Gasteiger partial charge in [-0.25, -0.2) is 9.97 Å². The molecule has 2 rings (SSSR count). The number of aliphatic hydroxyl groups is 1. The van der Waals surface area contributed by atoms with Gasteiger partial charge < -0.3 is 15.7 Å². The third-order valence-electron chi connectivity index (χ3n) is 2.42. The van der Waals surface area contributed by atoms with Gasteiger partial charge in [-0.3, -0.25) is 0 Å². The first-order valence-corrected chi connectivity index (χ1v) is 4.63. The maximum Gasteiger partial charge on any atom is 0.230 e. The molecule has 2 heterocycles. The van der Waals surface area contributed by atoms with E-state index in [2.05, 4.69) is 15.0 Å². The Morgan fingerprint density at radius 1 is 1.57 bits per heavy atom. The number of aliphatic hydroxyl groups excluding tert-OH is 1. The van der Waals surface area contributed by atoms with Gasteiger partial charge in [0.2, 0.25) is 11.9 Å². The summed E-state index contributed by atoms with van der Waals surface area (Å²) in [5, 5.41) is 9.12. The van der Waals surface area contributed by atoms with E-state index in [1.165, 1.54) is 6.33 Å². The highest BCUT2D eigenvalue weighted by Gasteiger charge is 2.25. The molecule has 0 radical (unpaired) electrons. The number of aromatic nitrogens is 3. The highest BCUT2D eigenvalue weighted by atomic mass is 16.3. The van der Waals surface area contributed by atoms with Crippen LogP contribution in [0.4, 0.5) is 11.9 Å². The average Bonchev–Trinajstić information content (AvgIpc) is 2.65. The fraction of sp³-hybridized carbons (Fsp3) is 0.625. The molecule has 0 aliphatic carbocycles. The van der Waals surface area contributed by atoms with Gasteiger partial charge in [0.15, 0.2) is 0 Å². The molecule has 0 amide bonds. The zero-order valence-corrected chi connectivity index (χ0v) is 7.80. The van der Waals surface area contributed by atoms with Crippen LogP contribution in [0.1, 0.15) is 12.8 Å². The summed E-state index contributed by atoms with van der Waals surface area (Å²) in [6, 6.07) is 0.122. The summed E-state index contributed by atoms with van der Waals surface area (Å²) in [4.78, 5) is 13.8. The Balaban J connectivity index is 2.21. The summed E-state index contributed by atoms with van der Waals surface area (Å²) in [6.45, 7) is 1.00. The second-order valence-electron chi connectivity index (χ2n) is 3.32. The number of nitrogens with zero attached hydrogens (tertiary/aromatic N) is 4. The maximum atomic E-state index is 9.12. The van der Waals surface area contributed by atoms with Gasteiger partial charge in [0.25, 0.3) is 0 Å². The molecule has 1 fully saturated rings. The highest BCUT2D eigenvalue weighted by molar-refractivity contribution is 5.35. The predicted molar refractivity (Wildman–Crippen MR) is 51.7 cm³/mol. The lowest BCUT2D eigenvalue weighted by Gasteiger charge is -2.22. The van der Waals surface area contributed by atoms with Crippen molar-refractivity contribution in [3.8, 4) is 0 Å². The lowest BCUT2D eigenvalue weighted by atomic mass is 10.2. The van der Waals surface area contributed by atoms with E-state index in [0.29, 0.717) is 5.95 Å². The molecular weight excluding hydrogens is 182 g/mol. The van der Waals surface area contributed by atoms with Crippen molar-refractivity contribution < 1.29 is 5.11 Å². The van der Waals surface area contributed by atoms with Crippen LogP contribution in [0, 0.1) is 0 Å². The van der Waals surface area contributed by atoms with Gasteiger partial charge in [0.05, 0.1) is 12.6 Å². The van der Waals surface area contributed by atoms with E-state index in [4.69, 9.17) is 10.8 Å². The van der Waals surface area contributed by atoms with Gasteiger partial charge in [-0.05, 0) is 12.8 Å². The maximum absolute atomic E-state index is 9.12. The van der Waals surface area contributed by atoms with Gasteiger partial charge in [0.1, 0.15) is 6.33 Å². The van der Waals surface area contributed by atoms with Crippen molar-refractivity contribution in [3.05, 3.63) is 6.33 Å². The monoisotopic (exact) mass is 195 g/mol. The second kappa shape index (κ2) is 3.75. The standard InChI is InChI=1S/C8H13N5O/c9-7-10-5-11-8(12-7)13-3-1-2-6(13)4-14/h5-6,14H,1-4H2,(H2,9,10,11,12). The fourth-order valence-electron chi connectivity index (χ4n) is 1.73. The summed E-state index contributed by atoms with van der Waals surface area (Å²) in [5.41, 5.74) is 5.46. The van der Waals surface area contributed by atoms with Gasteiger partial charge in [-0.2, -0.15) is 4.98 Å². The lowest BCUT2D eigenvalue weighted by molar-refractivity contribution is 0.265. The molecule has 0 saturated carbocycles. The molecule has 1 aliphatic rings. The molecule has 76 valence electrons. The van der Waals surface area contributed by atoms with Crippen LogP contribution in [0.3, 0.4) is 0 Å². The van der Waals surface area contributed by atoms with E-state index >= 15 is 0 Å². The molecule has 1 unspecified atom stereocenters. The quantitative estimate of drug-likeness (QED) is 0.656. The van der Waals surface area contributed by atoms with Crippen LogP contribution in [0.15, 0.2) is 6.33 Å². The molecule has 0 bridgehead atoms. The number of hydrogen-bond donors (Lipinski definition) is 2. The van der Waals surface area contributed by atoms with Crippen molar-refractivity contribution in [2.24, 2.45) is 0 Å². The third kappa shape index (κ3) is 1.60. The number of rotatable bonds is 2. The smallest absolute Gasteiger partial charge is 0.230 e. The highest BCUT2D eigenvalue weighted by Crippen LogP contribution is 2.21. The van der Waals surface area contributed by atoms with Crippen molar-refractivity contribution in [2.75, 3.05) is 23.8 Å². The topological polar surface area (TPSA) is 88.2 Å². The van der Waals surface area contributed by atoms with Crippen LogP contribution < -0.4 is 10.6 Å². The molecule has 1 saturated heterocycles. The van der Waals surface area contributed by atoms with Crippen LogP contribution in [-0.4, -0.2) is 39.3 Å². The molecule has 6 nitrogen and oxygen atoms in total. The minimum atomic E-state index is 0.122. The summed E-state index contributed by atoms with van der Waals surface area (Å²) >= 11 is 0. The molecule has 0 aromatic carbocycles. The van der Waals surface area contributed by atoms with Crippen LogP contribution in [-0.2, 0) is 0 Å². The lowest BCUT2D eigenvalue weighted by Crippen LogP contribution is -2.33. The van der Waals surface area contributed by atoms with Crippen LogP contribution in [0.5, 0.6) is 0 Å². The molecule has 1 atom stereocenters. The Morgan fingerprint density at radius 3 is 3.14 bits per heavy atom. The van der Waals surface area contributed by atoms with E-state index in [-0.39, 0.29) is 18.6 Å².